The van der Waals surface area contributed by atoms with Gasteiger partial charge < -0.3 is 14.6 Å². The summed E-state index contributed by atoms with van der Waals surface area (Å²) in [5, 5.41) is 9.62. The van der Waals surface area contributed by atoms with Gasteiger partial charge in [-0.15, -0.1) is 0 Å². The highest BCUT2D eigenvalue weighted by Gasteiger charge is 2.13. The van der Waals surface area contributed by atoms with Crippen molar-refractivity contribution in [1.29, 1.82) is 0 Å². The third-order valence-electron chi connectivity index (χ3n) is 10.1. The predicted octanol–water partition coefficient (Wildman–Crippen LogP) is 15.4. The number of esters is 1. The van der Waals surface area contributed by atoms with Crippen molar-refractivity contribution in [3.63, 3.8) is 0 Å². The third kappa shape index (κ3) is 44.6. The summed E-state index contributed by atoms with van der Waals surface area (Å²) in [6, 6.07) is 0. The largest absolute Gasteiger partial charge is 0.457 e. The molecule has 0 aromatic heterocycles. The van der Waals surface area contributed by atoms with Crippen molar-refractivity contribution < 1.29 is 19.4 Å². The SMILES string of the molecule is CCCCC/C=C\C/C=C\C/C=C\CCCCCCCCCOCC(CO)OC(=O)CCCCCCCCCCC/C=C\CCCCCCCCCC. The molecule has 0 spiro atoms. The summed E-state index contributed by atoms with van der Waals surface area (Å²) >= 11 is 0. The lowest BCUT2D eigenvalue weighted by Crippen LogP contribution is -2.27. The Kier molecular flexibility index (Phi) is 45.1. The first-order valence-electron chi connectivity index (χ1n) is 23.2. The van der Waals surface area contributed by atoms with Crippen LogP contribution in [-0.2, 0) is 14.3 Å². The number of aliphatic hydroxyl groups is 1. The lowest BCUT2D eigenvalue weighted by molar-refractivity contribution is -0.154. The van der Waals surface area contributed by atoms with E-state index < -0.39 is 6.10 Å². The van der Waals surface area contributed by atoms with Gasteiger partial charge in [-0.1, -0.05) is 197 Å². The number of hydrogen-bond acceptors (Lipinski definition) is 4. The molecule has 0 aliphatic rings. The summed E-state index contributed by atoms with van der Waals surface area (Å²) in [6.07, 6.45) is 60.4. The lowest BCUT2D eigenvalue weighted by atomic mass is 10.1. The minimum Gasteiger partial charge on any atom is -0.457 e. The van der Waals surface area contributed by atoms with Crippen molar-refractivity contribution >= 4 is 5.97 Å². The van der Waals surface area contributed by atoms with Crippen LogP contribution in [0.15, 0.2) is 48.6 Å². The fourth-order valence-electron chi connectivity index (χ4n) is 6.62. The normalized spacial score (nSPS) is 12.7. The van der Waals surface area contributed by atoms with E-state index >= 15 is 0 Å². The summed E-state index contributed by atoms with van der Waals surface area (Å²) in [6.45, 7) is 5.32. The molecule has 0 amide bonds. The Morgan fingerprint density at radius 1 is 0.453 bits per heavy atom. The quantitative estimate of drug-likeness (QED) is 0.0384. The van der Waals surface area contributed by atoms with Gasteiger partial charge in [0.1, 0.15) is 6.10 Å². The molecule has 1 atom stereocenters. The number of hydrogen-bond donors (Lipinski definition) is 1. The molecule has 1 unspecified atom stereocenters. The molecule has 0 radical (unpaired) electrons. The standard InChI is InChI=1S/C49H90O4/c1-3-5-7-9-11-13-15-17-19-21-23-25-26-28-30-32-34-36-38-40-42-44-49(51)53-48(46-50)47-52-45-43-41-39-37-35-33-31-29-27-24-22-20-18-16-14-12-10-8-6-4-2/h12,14,18,20-21,23-24,27,48,50H,3-11,13,15-17,19,22,25-26,28-47H2,1-2H3/b14-12-,20-18-,23-21-,27-24-. The van der Waals surface area contributed by atoms with Crippen LogP contribution < -0.4 is 0 Å². The monoisotopic (exact) mass is 743 g/mol. The lowest BCUT2D eigenvalue weighted by Gasteiger charge is -2.16. The Labute approximate surface area is 331 Å². The molecule has 0 bridgehead atoms. The van der Waals surface area contributed by atoms with E-state index in [1.807, 2.05) is 0 Å². The number of carbonyl (C=O) groups excluding carboxylic acids is 1. The average molecular weight is 743 g/mol. The minimum absolute atomic E-state index is 0.177. The van der Waals surface area contributed by atoms with Crippen molar-refractivity contribution in [3.05, 3.63) is 48.6 Å². The fraction of sp³-hybridized carbons (Fsp3) is 0.816. The second-order valence-corrected chi connectivity index (χ2v) is 15.5. The molecule has 53 heavy (non-hydrogen) atoms. The fourth-order valence-corrected chi connectivity index (χ4v) is 6.62. The van der Waals surface area contributed by atoms with Crippen molar-refractivity contribution in [2.24, 2.45) is 0 Å². The summed E-state index contributed by atoms with van der Waals surface area (Å²) in [5.74, 6) is -0.205. The van der Waals surface area contributed by atoms with Crippen molar-refractivity contribution in [3.8, 4) is 0 Å². The molecule has 310 valence electrons. The van der Waals surface area contributed by atoms with Gasteiger partial charge in [-0.05, 0) is 77.0 Å². The summed E-state index contributed by atoms with van der Waals surface area (Å²) in [5.41, 5.74) is 0. The van der Waals surface area contributed by atoms with E-state index in [9.17, 15) is 9.90 Å². The minimum atomic E-state index is -0.541. The first-order valence-corrected chi connectivity index (χ1v) is 23.2. The molecule has 0 aliphatic carbocycles. The number of ether oxygens (including phenoxy) is 2. The Morgan fingerprint density at radius 2 is 0.792 bits per heavy atom. The van der Waals surface area contributed by atoms with Crippen molar-refractivity contribution in [1.82, 2.24) is 0 Å². The molecule has 0 aliphatic heterocycles. The predicted molar refractivity (Wildman–Crippen MR) is 233 cm³/mol. The van der Waals surface area contributed by atoms with Crippen LogP contribution in [0.3, 0.4) is 0 Å². The van der Waals surface area contributed by atoms with Crippen LogP contribution in [0.4, 0.5) is 0 Å². The zero-order valence-corrected chi connectivity index (χ0v) is 35.5. The zero-order valence-electron chi connectivity index (χ0n) is 35.5. The van der Waals surface area contributed by atoms with Gasteiger partial charge in [-0.2, -0.15) is 0 Å². The Morgan fingerprint density at radius 3 is 1.25 bits per heavy atom. The molecule has 0 aromatic rings. The van der Waals surface area contributed by atoms with E-state index in [2.05, 4.69) is 62.5 Å². The van der Waals surface area contributed by atoms with Crippen LogP contribution >= 0.6 is 0 Å². The Hall–Kier alpha value is -1.65. The maximum absolute atomic E-state index is 12.2. The zero-order chi connectivity index (χ0) is 38.4. The second kappa shape index (κ2) is 46.5. The number of aliphatic hydroxyl groups excluding tert-OH is 1. The van der Waals surface area contributed by atoms with Gasteiger partial charge in [0.05, 0.1) is 13.2 Å². The molecule has 1 N–H and O–H groups in total. The van der Waals surface area contributed by atoms with E-state index in [-0.39, 0.29) is 19.2 Å². The molecule has 0 saturated carbocycles. The summed E-state index contributed by atoms with van der Waals surface area (Å²) < 4.78 is 11.2. The molecular weight excluding hydrogens is 653 g/mol. The molecule has 0 rings (SSSR count). The highest BCUT2D eigenvalue weighted by molar-refractivity contribution is 5.69. The average Bonchev–Trinajstić information content (AvgIpc) is 3.16. The number of rotatable bonds is 43. The molecule has 4 heteroatoms. The van der Waals surface area contributed by atoms with Gasteiger partial charge in [0, 0.05) is 13.0 Å². The van der Waals surface area contributed by atoms with Gasteiger partial charge in [-0.25, -0.2) is 0 Å². The molecule has 0 aromatic carbocycles. The topological polar surface area (TPSA) is 55.8 Å². The van der Waals surface area contributed by atoms with E-state index in [1.54, 1.807) is 0 Å². The van der Waals surface area contributed by atoms with E-state index in [4.69, 9.17) is 9.47 Å². The first-order chi connectivity index (χ1) is 26.2. The Bertz CT molecular complexity index is 828. The van der Waals surface area contributed by atoms with Gasteiger partial charge in [0.15, 0.2) is 0 Å². The smallest absolute Gasteiger partial charge is 0.306 e. The highest BCUT2D eigenvalue weighted by atomic mass is 16.6. The van der Waals surface area contributed by atoms with Crippen LogP contribution in [0.1, 0.15) is 232 Å². The molecular formula is C49H90O4. The van der Waals surface area contributed by atoms with Gasteiger partial charge in [0.2, 0.25) is 0 Å². The van der Waals surface area contributed by atoms with Crippen LogP contribution in [0.5, 0.6) is 0 Å². The van der Waals surface area contributed by atoms with E-state index in [0.29, 0.717) is 13.0 Å². The maximum atomic E-state index is 12.2. The molecule has 0 heterocycles. The van der Waals surface area contributed by atoms with Crippen molar-refractivity contribution in [2.75, 3.05) is 19.8 Å². The maximum Gasteiger partial charge on any atom is 0.306 e. The molecule has 0 saturated heterocycles. The number of carbonyl (C=O) groups is 1. The number of unbranched alkanes of at least 4 members (excludes halogenated alkanes) is 27. The van der Waals surface area contributed by atoms with Gasteiger partial charge in [-0.3, -0.25) is 4.79 Å². The molecule has 0 fully saturated rings. The Balaban J connectivity index is 3.44. The third-order valence-corrected chi connectivity index (χ3v) is 10.1. The van der Waals surface area contributed by atoms with E-state index in [1.165, 1.54) is 180 Å². The van der Waals surface area contributed by atoms with Gasteiger partial charge >= 0.3 is 5.97 Å². The first kappa shape index (κ1) is 51.4. The molecule has 4 nitrogen and oxygen atoms in total. The van der Waals surface area contributed by atoms with Crippen LogP contribution in [0, 0.1) is 0 Å². The van der Waals surface area contributed by atoms with Crippen LogP contribution in [0.25, 0.3) is 0 Å². The number of allylic oxidation sites excluding steroid dienone is 8. The van der Waals surface area contributed by atoms with Crippen LogP contribution in [-0.4, -0.2) is 37.0 Å². The van der Waals surface area contributed by atoms with Crippen molar-refractivity contribution in [2.45, 2.75) is 238 Å². The second-order valence-electron chi connectivity index (χ2n) is 15.5. The van der Waals surface area contributed by atoms with E-state index in [0.717, 1.165) is 32.1 Å². The highest BCUT2D eigenvalue weighted by Crippen LogP contribution is 2.14. The van der Waals surface area contributed by atoms with Crippen LogP contribution in [0.2, 0.25) is 0 Å². The van der Waals surface area contributed by atoms with Gasteiger partial charge in [0.25, 0.3) is 0 Å². The summed E-state index contributed by atoms with van der Waals surface area (Å²) in [4.78, 5) is 12.2. The summed E-state index contributed by atoms with van der Waals surface area (Å²) in [7, 11) is 0.